The lowest BCUT2D eigenvalue weighted by molar-refractivity contribution is -0.139. The van der Waals surface area contributed by atoms with Crippen LogP contribution < -0.4 is 20.8 Å². The van der Waals surface area contributed by atoms with Crippen LogP contribution in [0.5, 0.6) is 5.75 Å². The third-order valence-electron chi connectivity index (χ3n) is 4.90. The van der Waals surface area contributed by atoms with Crippen LogP contribution >= 0.6 is 0 Å². The summed E-state index contributed by atoms with van der Waals surface area (Å²) in [5.74, 6) is 0.171. The molecule has 180 valence electrons. The summed E-state index contributed by atoms with van der Waals surface area (Å²) in [6, 6.07) is 15.6. The number of carboxylic acid groups (broad SMARTS) is 1. The quantitative estimate of drug-likeness (QED) is 0.278. The van der Waals surface area contributed by atoms with E-state index in [0.717, 1.165) is 37.1 Å². The molecule has 1 aliphatic heterocycles. The first-order chi connectivity index (χ1) is 16.6. The number of aliphatic carboxylic acids is 1. The van der Waals surface area contributed by atoms with Gasteiger partial charge in [-0.2, -0.15) is 5.10 Å². The molecule has 0 saturated heterocycles. The van der Waals surface area contributed by atoms with Crippen LogP contribution in [0.25, 0.3) is 0 Å². The molecule has 0 aliphatic carbocycles. The zero-order valence-electron chi connectivity index (χ0n) is 18.8. The highest BCUT2D eigenvalue weighted by Gasteiger charge is 2.20. The molecule has 2 aromatic rings. The lowest BCUT2D eigenvalue weighted by atomic mass is 10.1. The van der Waals surface area contributed by atoms with E-state index >= 15 is 0 Å². The van der Waals surface area contributed by atoms with E-state index < -0.39 is 18.1 Å². The summed E-state index contributed by atoms with van der Waals surface area (Å²) >= 11 is 0. The van der Waals surface area contributed by atoms with Gasteiger partial charge in [0.2, 0.25) is 5.96 Å². The van der Waals surface area contributed by atoms with Crippen molar-refractivity contribution in [2.45, 2.75) is 31.9 Å². The molecular formula is C24H29N5O5. The lowest BCUT2D eigenvalue weighted by Gasteiger charge is -2.15. The molecule has 0 aromatic heterocycles. The molecule has 1 aliphatic rings. The van der Waals surface area contributed by atoms with E-state index in [9.17, 15) is 14.7 Å². The van der Waals surface area contributed by atoms with Gasteiger partial charge in [-0.3, -0.25) is 0 Å². The van der Waals surface area contributed by atoms with Crippen LogP contribution in [0.15, 0.2) is 64.7 Å². The third-order valence-corrected chi connectivity index (χ3v) is 4.90. The number of aliphatic imine (C=N–C) groups is 1. The first-order valence-electron chi connectivity index (χ1n) is 11.1. The molecule has 4 N–H and O–H groups in total. The second-order valence-corrected chi connectivity index (χ2v) is 7.50. The number of hydrogen-bond donors (Lipinski definition) is 4. The number of amides is 1. The Bertz CT molecular complexity index is 979. The Morgan fingerprint density at radius 2 is 1.94 bits per heavy atom. The van der Waals surface area contributed by atoms with Crippen molar-refractivity contribution in [3.05, 3.63) is 65.7 Å². The van der Waals surface area contributed by atoms with Gasteiger partial charge >= 0.3 is 12.1 Å². The Morgan fingerprint density at radius 1 is 1.15 bits per heavy atom. The average Bonchev–Trinajstić information content (AvgIpc) is 3.37. The van der Waals surface area contributed by atoms with Crippen molar-refractivity contribution in [1.29, 1.82) is 0 Å². The highest BCUT2D eigenvalue weighted by Crippen LogP contribution is 2.14. The Balaban J connectivity index is 1.34. The molecule has 34 heavy (non-hydrogen) atoms. The van der Waals surface area contributed by atoms with E-state index in [0.29, 0.717) is 11.7 Å². The molecule has 10 heteroatoms. The van der Waals surface area contributed by atoms with E-state index in [-0.39, 0.29) is 19.6 Å². The maximum absolute atomic E-state index is 11.9. The fourth-order valence-electron chi connectivity index (χ4n) is 3.09. The highest BCUT2D eigenvalue weighted by molar-refractivity contribution is 5.81. The molecule has 1 atom stereocenters. The number of hydrogen-bond acceptors (Lipinski definition) is 8. The van der Waals surface area contributed by atoms with Crippen molar-refractivity contribution in [3.63, 3.8) is 0 Å². The van der Waals surface area contributed by atoms with Gasteiger partial charge in [0.1, 0.15) is 18.4 Å². The summed E-state index contributed by atoms with van der Waals surface area (Å²) < 4.78 is 10.7. The SMILES string of the molecule is O=C(NC(CCOc1ccc(CC/C=N/NC2=NCCN2)cc1)C(=O)O)OCc1ccccc1. The number of hydrazone groups is 1. The van der Waals surface area contributed by atoms with Gasteiger partial charge in [-0.1, -0.05) is 42.5 Å². The van der Waals surface area contributed by atoms with Crippen LogP contribution in [-0.2, 0) is 22.6 Å². The number of benzene rings is 2. The second-order valence-electron chi connectivity index (χ2n) is 7.50. The normalized spacial score (nSPS) is 13.6. The van der Waals surface area contributed by atoms with Crippen LogP contribution in [0.2, 0.25) is 0 Å². The number of ether oxygens (including phenoxy) is 2. The number of aryl methyl sites for hydroxylation is 1. The van der Waals surface area contributed by atoms with Crippen molar-refractivity contribution in [2.75, 3.05) is 19.7 Å². The Kier molecular flexibility index (Phi) is 9.73. The fourth-order valence-corrected chi connectivity index (χ4v) is 3.09. The van der Waals surface area contributed by atoms with Gasteiger partial charge in [0, 0.05) is 19.2 Å². The van der Waals surface area contributed by atoms with Crippen molar-refractivity contribution < 1.29 is 24.2 Å². The molecule has 3 rings (SSSR count). The van der Waals surface area contributed by atoms with E-state index in [1.807, 2.05) is 54.6 Å². The Morgan fingerprint density at radius 3 is 2.65 bits per heavy atom. The number of nitrogens with zero attached hydrogens (tertiary/aromatic N) is 2. The standard InChI is InChI=1S/C24H29N5O5/c30-22(31)21(28-24(32)34-17-19-5-2-1-3-6-19)12-16-33-20-10-8-18(9-11-20)7-4-13-27-29-23-25-14-15-26-23/h1-3,5-6,8-11,13,21H,4,7,12,14-17H2,(H,28,32)(H,30,31)(H2,25,26,29)/b27-13+. The minimum absolute atomic E-state index is 0.0662. The third kappa shape index (κ3) is 8.81. The molecule has 0 fully saturated rings. The fraction of sp³-hybridized carbons (Fsp3) is 0.333. The zero-order chi connectivity index (χ0) is 24.0. The molecule has 0 spiro atoms. The van der Waals surface area contributed by atoms with Crippen LogP contribution in [0.1, 0.15) is 24.0 Å². The number of guanidine groups is 1. The molecule has 2 aromatic carbocycles. The minimum atomic E-state index is -1.15. The van der Waals surface area contributed by atoms with Crippen molar-refractivity contribution in [1.82, 2.24) is 16.1 Å². The van der Waals surface area contributed by atoms with Crippen molar-refractivity contribution >= 4 is 24.2 Å². The first kappa shape index (κ1) is 24.6. The number of carbonyl (C=O) groups is 2. The summed E-state index contributed by atoms with van der Waals surface area (Å²) in [7, 11) is 0. The number of alkyl carbamates (subject to hydrolysis) is 1. The van der Waals surface area contributed by atoms with Gasteiger partial charge in [0.25, 0.3) is 0 Å². The van der Waals surface area contributed by atoms with Gasteiger partial charge in [0.15, 0.2) is 0 Å². The summed E-state index contributed by atoms with van der Waals surface area (Å²) in [5.41, 5.74) is 4.80. The summed E-state index contributed by atoms with van der Waals surface area (Å²) in [6.45, 7) is 1.80. The largest absolute Gasteiger partial charge is 0.494 e. The molecular weight excluding hydrogens is 438 g/mol. The van der Waals surface area contributed by atoms with Crippen molar-refractivity contribution in [2.24, 2.45) is 10.1 Å². The van der Waals surface area contributed by atoms with Crippen LogP contribution in [0.3, 0.4) is 0 Å². The summed E-state index contributed by atoms with van der Waals surface area (Å²) in [6.07, 6.45) is 2.71. The molecule has 1 amide bonds. The van der Waals surface area contributed by atoms with E-state index in [1.54, 1.807) is 6.21 Å². The number of rotatable bonds is 12. The van der Waals surface area contributed by atoms with Gasteiger partial charge in [0.05, 0.1) is 13.2 Å². The second kappa shape index (κ2) is 13.5. The van der Waals surface area contributed by atoms with Gasteiger partial charge in [-0.15, -0.1) is 0 Å². The van der Waals surface area contributed by atoms with E-state index in [1.165, 1.54) is 0 Å². The average molecular weight is 468 g/mol. The number of carboxylic acids is 1. The molecule has 0 bridgehead atoms. The lowest BCUT2D eigenvalue weighted by Crippen LogP contribution is -2.42. The Labute approximate surface area is 198 Å². The van der Waals surface area contributed by atoms with Crippen LogP contribution in [0.4, 0.5) is 4.79 Å². The van der Waals surface area contributed by atoms with Gasteiger partial charge in [-0.05, 0) is 36.1 Å². The predicted molar refractivity (Wildman–Crippen MR) is 128 cm³/mol. The monoisotopic (exact) mass is 467 g/mol. The predicted octanol–water partition coefficient (Wildman–Crippen LogP) is 2.30. The smallest absolute Gasteiger partial charge is 0.408 e. The van der Waals surface area contributed by atoms with Gasteiger partial charge < -0.3 is 25.2 Å². The molecule has 1 unspecified atom stereocenters. The van der Waals surface area contributed by atoms with E-state index in [4.69, 9.17) is 9.47 Å². The molecule has 0 saturated carbocycles. The van der Waals surface area contributed by atoms with Crippen LogP contribution in [-0.4, -0.2) is 55.1 Å². The molecule has 0 radical (unpaired) electrons. The minimum Gasteiger partial charge on any atom is -0.494 e. The number of nitrogens with one attached hydrogen (secondary N) is 3. The van der Waals surface area contributed by atoms with E-state index in [2.05, 4.69) is 26.2 Å². The highest BCUT2D eigenvalue weighted by atomic mass is 16.5. The maximum Gasteiger partial charge on any atom is 0.408 e. The molecule has 10 nitrogen and oxygen atoms in total. The zero-order valence-corrected chi connectivity index (χ0v) is 18.8. The van der Waals surface area contributed by atoms with Gasteiger partial charge in [-0.25, -0.2) is 20.0 Å². The topological polar surface area (TPSA) is 134 Å². The van der Waals surface area contributed by atoms with Crippen LogP contribution in [0, 0.1) is 0 Å². The summed E-state index contributed by atoms with van der Waals surface area (Å²) in [5, 5.41) is 18.9. The van der Waals surface area contributed by atoms with Crippen molar-refractivity contribution in [3.8, 4) is 5.75 Å². The summed E-state index contributed by atoms with van der Waals surface area (Å²) in [4.78, 5) is 27.6. The maximum atomic E-state index is 11.9. The Hall–Kier alpha value is -4.08. The number of carbonyl (C=O) groups excluding carboxylic acids is 1. The molecule has 1 heterocycles. The first-order valence-corrected chi connectivity index (χ1v) is 11.1.